The molecule has 0 aromatic carbocycles. The second kappa shape index (κ2) is 3.91. The number of aliphatic hydroxyl groups is 1. The maximum Gasteiger partial charge on any atom is 0.281 e. The zero-order valence-electron chi connectivity index (χ0n) is 7.97. The molecule has 1 heterocycles. The highest BCUT2D eigenvalue weighted by molar-refractivity contribution is 7.86. The Bertz CT molecular complexity index is 263. The van der Waals surface area contributed by atoms with Gasteiger partial charge in [-0.1, -0.05) is 0 Å². The van der Waals surface area contributed by atoms with E-state index in [0.717, 1.165) is 6.42 Å². The fourth-order valence-electron chi connectivity index (χ4n) is 1.39. The van der Waals surface area contributed by atoms with Gasteiger partial charge in [0, 0.05) is 33.8 Å². The third-order valence-corrected chi connectivity index (χ3v) is 4.20. The van der Waals surface area contributed by atoms with Crippen LogP contribution in [0.15, 0.2) is 0 Å². The van der Waals surface area contributed by atoms with Gasteiger partial charge in [0.1, 0.15) is 0 Å². The molecule has 0 amide bonds. The lowest BCUT2D eigenvalue weighted by Crippen LogP contribution is -2.38. The summed E-state index contributed by atoms with van der Waals surface area (Å²) in [6, 6.07) is 0. The van der Waals surface area contributed by atoms with Gasteiger partial charge in [-0.3, -0.25) is 0 Å². The summed E-state index contributed by atoms with van der Waals surface area (Å²) >= 11 is 0. The van der Waals surface area contributed by atoms with Crippen LogP contribution in [0.2, 0.25) is 0 Å². The maximum atomic E-state index is 11.6. The van der Waals surface area contributed by atoms with Gasteiger partial charge >= 0.3 is 0 Å². The largest absolute Gasteiger partial charge is 0.396 e. The van der Waals surface area contributed by atoms with E-state index in [-0.39, 0.29) is 12.5 Å². The molecule has 1 saturated heterocycles. The van der Waals surface area contributed by atoms with Crippen LogP contribution in [-0.4, -0.2) is 55.9 Å². The molecule has 0 aromatic rings. The molecule has 0 bridgehead atoms. The molecule has 0 aliphatic carbocycles. The molecule has 78 valence electrons. The Morgan fingerprint density at radius 3 is 2.54 bits per heavy atom. The summed E-state index contributed by atoms with van der Waals surface area (Å²) in [5.41, 5.74) is 0. The van der Waals surface area contributed by atoms with E-state index in [9.17, 15) is 8.42 Å². The van der Waals surface area contributed by atoms with Gasteiger partial charge in [-0.05, 0) is 12.3 Å². The zero-order valence-corrected chi connectivity index (χ0v) is 8.79. The van der Waals surface area contributed by atoms with Crippen molar-refractivity contribution in [3.63, 3.8) is 0 Å². The van der Waals surface area contributed by atoms with Crippen LogP contribution < -0.4 is 0 Å². The quantitative estimate of drug-likeness (QED) is 0.654. The van der Waals surface area contributed by atoms with Crippen LogP contribution >= 0.6 is 0 Å². The van der Waals surface area contributed by atoms with Gasteiger partial charge in [0.15, 0.2) is 0 Å². The molecule has 0 radical (unpaired) electrons. The first-order valence-corrected chi connectivity index (χ1v) is 5.66. The minimum atomic E-state index is -3.26. The van der Waals surface area contributed by atoms with E-state index in [4.69, 9.17) is 5.11 Å². The lowest BCUT2D eigenvalue weighted by atomic mass is 10.1. The second-order valence-corrected chi connectivity index (χ2v) is 5.63. The van der Waals surface area contributed by atoms with E-state index in [0.29, 0.717) is 13.1 Å². The molecule has 1 aliphatic heterocycles. The van der Waals surface area contributed by atoms with Gasteiger partial charge < -0.3 is 5.11 Å². The third-order valence-electron chi connectivity index (χ3n) is 2.29. The average molecular weight is 208 g/mol. The van der Waals surface area contributed by atoms with Crippen molar-refractivity contribution in [1.82, 2.24) is 8.61 Å². The van der Waals surface area contributed by atoms with Crippen molar-refractivity contribution in [3.8, 4) is 0 Å². The monoisotopic (exact) mass is 208 g/mol. The Morgan fingerprint density at radius 1 is 1.54 bits per heavy atom. The first-order valence-electron chi connectivity index (χ1n) is 4.27. The molecule has 6 heteroatoms. The Kier molecular flexibility index (Phi) is 3.28. The Labute approximate surface area is 79.1 Å². The molecule has 0 aromatic heterocycles. The van der Waals surface area contributed by atoms with Crippen molar-refractivity contribution in [2.24, 2.45) is 5.92 Å². The predicted octanol–water partition coefficient (Wildman–Crippen LogP) is -0.893. The van der Waals surface area contributed by atoms with Crippen LogP contribution in [0.4, 0.5) is 0 Å². The summed E-state index contributed by atoms with van der Waals surface area (Å²) < 4.78 is 25.7. The van der Waals surface area contributed by atoms with Gasteiger partial charge in [-0.2, -0.15) is 17.0 Å². The van der Waals surface area contributed by atoms with E-state index >= 15 is 0 Å². The van der Waals surface area contributed by atoms with Gasteiger partial charge in [-0.15, -0.1) is 0 Å². The molecule has 1 rings (SSSR count). The Morgan fingerprint density at radius 2 is 2.15 bits per heavy atom. The van der Waals surface area contributed by atoms with Crippen molar-refractivity contribution >= 4 is 10.2 Å². The molecule has 1 N–H and O–H groups in total. The van der Waals surface area contributed by atoms with Crippen LogP contribution in [0.3, 0.4) is 0 Å². The fraction of sp³-hybridized carbons (Fsp3) is 1.00. The van der Waals surface area contributed by atoms with E-state index in [1.54, 1.807) is 0 Å². The second-order valence-electron chi connectivity index (χ2n) is 3.49. The number of aliphatic hydroxyl groups excluding tert-OH is 1. The molecule has 1 aliphatic rings. The molecule has 1 unspecified atom stereocenters. The number of hydrogen-bond acceptors (Lipinski definition) is 3. The van der Waals surface area contributed by atoms with E-state index in [1.807, 2.05) is 0 Å². The van der Waals surface area contributed by atoms with Crippen LogP contribution in [0, 0.1) is 5.92 Å². The Balaban J connectivity index is 2.66. The van der Waals surface area contributed by atoms with Crippen molar-refractivity contribution < 1.29 is 13.5 Å². The SMILES string of the molecule is CN(C)S(=O)(=O)N1CCC(CO)C1. The van der Waals surface area contributed by atoms with E-state index in [1.165, 1.54) is 22.7 Å². The lowest BCUT2D eigenvalue weighted by molar-refractivity contribution is 0.232. The van der Waals surface area contributed by atoms with Crippen LogP contribution in [0.25, 0.3) is 0 Å². The van der Waals surface area contributed by atoms with Gasteiger partial charge in [0.05, 0.1) is 0 Å². The highest BCUT2D eigenvalue weighted by atomic mass is 32.2. The zero-order chi connectivity index (χ0) is 10.1. The molecular formula is C7H16N2O3S. The molecule has 0 spiro atoms. The molecule has 0 saturated carbocycles. The van der Waals surface area contributed by atoms with Crippen LogP contribution in [0.5, 0.6) is 0 Å². The minimum Gasteiger partial charge on any atom is -0.396 e. The predicted molar refractivity (Wildman–Crippen MR) is 49.4 cm³/mol. The maximum absolute atomic E-state index is 11.6. The number of nitrogens with zero attached hydrogens (tertiary/aromatic N) is 2. The summed E-state index contributed by atoms with van der Waals surface area (Å²) in [7, 11) is -0.233. The van der Waals surface area contributed by atoms with Gasteiger partial charge in [-0.25, -0.2) is 0 Å². The molecule has 1 atom stereocenters. The summed E-state index contributed by atoms with van der Waals surface area (Å²) in [6.45, 7) is 1.03. The van der Waals surface area contributed by atoms with Crippen molar-refractivity contribution in [1.29, 1.82) is 0 Å². The van der Waals surface area contributed by atoms with Crippen LogP contribution in [-0.2, 0) is 10.2 Å². The van der Waals surface area contributed by atoms with Gasteiger partial charge in [0.25, 0.3) is 10.2 Å². The fourth-order valence-corrected chi connectivity index (χ4v) is 2.58. The highest BCUT2D eigenvalue weighted by Crippen LogP contribution is 2.19. The van der Waals surface area contributed by atoms with E-state index < -0.39 is 10.2 Å². The smallest absolute Gasteiger partial charge is 0.281 e. The molecule has 13 heavy (non-hydrogen) atoms. The van der Waals surface area contributed by atoms with E-state index in [2.05, 4.69) is 0 Å². The number of rotatable bonds is 3. The summed E-state index contributed by atoms with van der Waals surface area (Å²) in [6.07, 6.45) is 0.754. The topological polar surface area (TPSA) is 60.9 Å². The average Bonchev–Trinajstić information content (AvgIpc) is 2.51. The van der Waals surface area contributed by atoms with Gasteiger partial charge in [0.2, 0.25) is 0 Å². The van der Waals surface area contributed by atoms with Crippen LogP contribution in [0.1, 0.15) is 6.42 Å². The molecular weight excluding hydrogens is 192 g/mol. The van der Waals surface area contributed by atoms with Crippen molar-refractivity contribution in [3.05, 3.63) is 0 Å². The first kappa shape index (κ1) is 10.9. The summed E-state index contributed by atoms with van der Waals surface area (Å²) in [5, 5.41) is 8.85. The van der Waals surface area contributed by atoms with Crippen molar-refractivity contribution in [2.75, 3.05) is 33.8 Å². The van der Waals surface area contributed by atoms with Crippen molar-refractivity contribution in [2.45, 2.75) is 6.42 Å². The summed E-state index contributed by atoms with van der Waals surface area (Å²) in [5.74, 6) is 0.106. The molecule has 1 fully saturated rings. The molecule has 5 nitrogen and oxygen atoms in total. The lowest BCUT2D eigenvalue weighted by Gasteiger charge is -2.20. The first-order chi connectivity index (χ1) is 5.98. The normalized spacial score (nSPS) is 25.7. The number of hydrogen-bond donors (Lipinski definition) is 1. The third kappa shape index (κ3) is 2.19. The Hall–Kier alpha value is -0.170. The minimum absolute atomic E-state index is 0.0689. The summed E-state index contributed by atoms with van der Waals surface area (Å²) in [4.78, 5) is 0. The highest BCUT2D eigenvalue weighted by Gasteiger charge is 2.32. The standard InChI is InChI=1S/C7H16N2O3S/c1-8(2)13(11,12)9-4-3-7(5-9)6-10/h7,10H,3-6H2,1-2H3.